The van der Waals surface area contributed by atoms with Gasteiger partial charge < -0.3 is 5.32 Å². The van der Waals surface area contributed by atoms with Crippen molar-refractivity contribution >= 4 is 11.8 Å². The van der Waals surface area contributed by atoms with Crippen molar-refractivity contribution in [1.29, 1.82) is 0 Å². The molecule has 0 aromatic heterocycles. The number of nitrogens with one attached hydrogen (secondary N) is 1. The lowest BCUT2D eigenvalue weighted by molar-refractivity contribution is 0.179. The smallest absolute Gasteiger partial charge is 0.0234 e. The zero-order chi connectivity index (χ0) is 14.3. The third kappa shape index (κ3) is 5.01. The van der Waals surface area contributed by atoms with Gasteiger partial charge in [0.15, 0.2) is 0 Å². The zero-order valence-corrected chi connectivity index (χ0v) is 13.8. The van der Waals surface area contributed by atoms with Crippen LogP contribution in [0.15, 0.2) is 30.3 Å². The van der Waals surface area contributed by atoms with Crippen LogP contribution in [0, 0.1) is 5.92 Å². The van der Waals surface area contributed by atoms with Crippen LogP contribution < -0.4 is 5.32 Å². The molecule has 2 nitrogen and oxygen atoms in total. The number of piperidine rings is 1. The molecule has 2 saturated heterocycles. The second-order valence-electron chi connectivity index (χ2n) is 6.52. The minimum Gasteiger partial charge on any atom is -0.312 e. The first-order valence-corrected chi connectivity index (χ1v) is 9.63. The van der Waals surface area contributed by atoms with Crippen molar-refractivity contribution in [2.24, 2.45) is 5.92 Å². The standard InChI is InChI=1S/C18H28N2S/c1-2-5-17(6-3-1)14-20-10-4-7-18(15-20)19-13-16-8-11-21-12-9-16/h1-3,5-6,16,18-19H,4,7-15H2. The fourth-order valence-electron chi connectivity index (χ4n) is 3.49. The molecule has 3 heteroatoms. The first-order chi connectivity index (χ1) is 10.4. The molecule has 0 amide bonds. The van der Waals surface area contributed by atoms with Crippen LogP contribution >= 0.6 is 11.8 Å². The van der Waals surface area contributed by atoms with Crippen LogP contribution in [0.2, 0.25) is 0 Å². The third-order valence-electron chi connectivity index (χ3n) is 4.79. The number of benzene rings is 1. The summed E-state index contributed by atoms with van der Waals surface area (Å²) in [5, 5.41) is 3.86. The highest BCUT2D eigenvalue weighted by Crippen LogP contribution is 2.22. The van der Waals surface area contributed by atoms with Gasteiger partial charge in [0.25, 0.3) is 0 Å². The van der Waals surface area contributed by atoms with Crippen LogP contribution in [0.3, 0.4) is 0 Å². The molecule has 2 aliphatic heterocycles. The minimum absolute atomic E-state index is 0.706. The quantitative estimate of drug-likeness (QED) is 0.898. The second kappa shape index (κ2) is 8.21. The number of hydrogen-bond donors (Lipinski definition) is 1. The summed E-state index contributed by atoms with van der Waals surface area (Å²) in [6, 6.07) is 11.6. The second-order valence-corrected chi connectivity index (χ2v) is 7.75. The third-order valence-corrected chi connectivity index (χ3v) is 5.84. The number of likely N-dealkylation sites (tertiary alicyclic amines) is 1. The maximum absolute atomic E-state index is 3.86. The fourth-order valence-corrected chi connectivity index (χ4v) is 4.70. The molecule has 0 bridgehead atoms. The summed E-state index contributed by atoms with van der Waals surface area (Å²) in [7, 11) is 0. The molecule has 1 N–H and O–H groups in total. The van der Waals surface area contributed by atoms with Crippen molar-refractivity contribution in [3.05, 3.63) is 35.9 Å². The average Bonchev–Trinajstić information content (AvgIpc) is 2.55. The average molecular weight is 305 g/mol. The van der Waals surface area contributed by atoms with Gasteiger partial charge in [0, 0.05) is 19.1 Å². The number of hydrogen-bond acceptors (Lipinski definition) is 3. The molecule has 1 aromatic carbocycles. The summed E-state index contributed by atoms with van der Waals surface area (Å²) < 4.78 is 0. The van der Waals surface area contributed by atoms with E-state index in [0.29, 0.717) is 6.04 Å². The van der Waals surface area contributed by atoms with E-state index in [-0.39, 0.29) is 0 Å². The van der Waals surface area contributed by atoms with Crippen molar-refractivity contribution in [2.45, 2.75) is 38.3 Å². The molecule has 0 spiro atoms. The molecule has 0 radical (unpaired) electrons. The minimum atomic E-state index is 0.706. The van der Waals surface area contributed by atoms with E-state index in [4.69, 9.17) is 0 Å². The first-order valence-electron chi connectivity index (χ1n) is 8.47. The van der Waals surface area contributed by atoms with Crippen LogP contribution in [0.5, 0.6) is 0 Å². The van der Waals surface area contributed by atoms with E-state index in [1.54, 1.807) is 0 Å². The summed E-state index contributed by atoms with van der Waals surface area (Å²) >= 11 is 2.13. The van der Waals surface area contributed by atoms with Gasteiger partial charge in [0.2, 0.25) is 0 Å². The molecule has 1 atom stereocenters. The van der Waals surface area contributed by atoms with E-state index < -0.39 is 0 Å². The zero-order valence-electron chi connectivity index (χ0n) is 13.0. The van der Waals surface area contributed by atoms with Gasteiger partial charge in [-0.15, -0.1) is 0 Å². The van der Waals surface area contributed by atoms with Crippen molar-refractivity contribution < 1.29 is 0 Å². The molecule has 21 heavy (non-hydrogen) atoms. The summed E-state index contributed by atoms with van der Waals surface area (Å²) in [6.07, 6.45) is 5.52. The Balaban J connectivity index is 1.42. The topological polar surface area (TPSA) is 15.3 Å². The molecule has 2 fully saturated rings. The Kier molecular flexibility index (Phi) is 6.02. The lowest BCUT2D eigenvalue weighted by atomic mass is 10.0. The molecule has 1 unspecified atom stereocenters. The molecular formula is C18H28N2S. The summed E-state index contributed by atoms with van der Waals surface area (Å²) in [5.41, 5.74) is 1.45. The van der Waals surface area contributed by atoms with E-state index in [2.05, 4.69) is 52.3 Å². The van der Waals surface area contributed by atoms with Crippen LogP contribution in [0.4, 0.5) is 0 Å². The Bertz CT molecular complexity index is 403. The van der Waals surface area contributed by atoms with Gasteiger partial charge in [0.1, 0.15) is 0 Å². The van der Waals surface area contributed by atoms with E-state index >= 15 is 0 Å². The van der Waals surface area contributed by atoms with Gasteiger partial charge in [0.05, 0.1) is 0 Å². The van der Waals surface area contributed by atoms with E-state index in [1.165, 1.54) is 62.4 Å². The Morgan fingerprint density at radius 2 is 1.90 bits per heavy atom. The molecule has 0 saturated carbocycles. The number of thioether (sulfide) groups is 1. The summed E-state index contributed by atoms with van der Waals surface area (Å²) in [5.74, 6) is 3.67. The Labute approximate surface area is 133 Å². The van der Waals surface area contributed by atoms with Crippen LogP contribution in [0.1, 0.15) is 31.2 Å². The van der Waals surface area contributed by atoms with Gasteiger partial charge in [-0.3, -0.25) is 4.90 Å². The Morgan fingerprint density at radius 3 is 2.71 bits per heavy atom. The molecule has 2 aliphatic rings. The molecule has 116 valence electrons. The molecule has 1 aromatic rings. The van der Waals surface area contributed by atoms with E-state index in [9.17, 15) is 0 Å². The van der Waals surface area contributed by atoms with Gasteiger partial charge in [-0.05, 0) is 61.8 Å². The van der Waals surface area contributed by atoms with E-state index in [1.807, 2.05) is 0 Å². The van der Waals surface area contributed by atoms with E-state index in [0.717, 1.165) is 12.5 Å². The monoisotopic (exact) mass is 304 g/mol. The Morgan fingerprint density at radius 1 is 1.10 bits per heavy atom. The van der Waals surface area contributed by atoms with Crippen LogP contribution in [-0.2, 0) is 6.54 Å². The number of rotatable bonds is 5. The van der Waals surface area contributed by atoms with Crippen molar-refractivity contribution in [3.63, 3.8) is 0 Å². The maximum atomic E-state index is 3.86. The highest BCUT2D eigenvalue weighted by Gasteiger charge is 2.21. The fraction of sp³-hybridized carbons (Fsp3) is 0.667. The predicted molar refractivity (Wildman–Crippen MR) is 92.8 cm³/mol. The van der Waals surface area contributed by atoms with Gasteiger partial charge in [-0.25, -0.2) is 0 Å². The summed E-state index contributed by atoms with van der Waals surface area (Å²) in [4.78, 5) is 2.62. The highest BCUT2D eigenvalue weighted by atomic mass is 32.2. The van der Waals surface area contributed by atoms with Gasteiger partial charge in [-0.1, -0.05) is 30.3 Å². The Hall–Kier alpha value is -0.510. The van der Waals surface area contributed by atoms with Crippen LogP contribution in [-0.4, -0.2) is 42.1 Å². The lowest BCUT2D eigenvalue weighted by Crippen LogP contribution is -2.46. The molecule has 3 rings (SSSR count). The van der Waals surface area contributed by atoms with Gasteiger partial charge in [-0.2, -0.15) is 11.8 Å². The van der Waals surface area contributed by atoms with Crippen molar-refractivity contribution in [2.75, 3.05) is 31.1 Å². The maximum Gasteiger partial charge on any atom is 0.0234 e. The first kappa shape index (κ1) is 15.4. The predicted octanol–water partition coefficient (Wildman–Crippen LogP) is 3.38. The van der Waals surface area contributed by atoms with Crippen molar-refractivity contribution in [1.82, 2.24) is 10.2 Å². The highest BCUT2D eigenvalue weighted by molar-refractivity contribution is 7.99. The lowest BCUT2D eigenvalue weighted by Gasteiger charge is -2.34. The summed E-state index contributed by atoms with van der Waals surface area (Å²) in [6.45, 7) is 4.83. The van der Waals surface area contributed by atoms with Gasteiger partial charge >= 0.3 is 0 Å². The normalized spacial score (nSPS) is 25.0. The van der Waals surface area contributed by atoms with Crippen molar-refractivity contribution in [3.8, 4) is 0 Å². The van der Waals surface area contributed by atoms with Crippen LogP contribution in [0.25, 0.3) is 0 Å². The molecular weight excluding hydrogens is 276 g/mol. The number of nitrogens with zero attached hydrogens (tertiary/aromatic N) is 1. The SMILES string of the molecule is c1ccc(CN2CCCC(NCC3CCSCC3)C2)cc1. The molecule has 0 aliphatic carbocycles. The molecule has 2 heterocycles. The largest absolute Gasteiger partial charge is 0.312 e.